The van der Waals surface area contributed by atoms with Crippen LogP contribution in [0.2, 0.25) is 0 Å². The van der Waals surface area contributed by atoms with Crippen molar-refractivity contribution in [1.82, 2.24) is 15.5 Å². The zero-order valence-electron chi connectivity index (χ0n) is 15.3. The fourth-order valence-corrected chi connectivity index (χ4v) is 4.99. The van der Waals surface area contributed by atoms with Crippen molar-refractivity contribution in [1.29, 1.82) is 0 Å². The summed E-state index contributed by atoms with van der Waals surface area (Å²) < 4.78 is 0.444. The molecule has 1 aliphatic carbocycles. The maximum atomic E-state index is 11.6. The van der Waals surface area contributed by atoms with Crippen LogP contribution in [0.1, 0.15) is 46.0 Å². The Bertz CT molecular complexity index is 419. The zero-order chi connectivity index (χ0) is 16.7. The Morgan fingerprint density at radius 2 is 1.88 bits per heavy atom. The summed E-state index contributed by atoms with van der Waals surface area (Å²) in [6.45, 7) is 7.36. The summed E-state index contributed by atoms with van der Waals surface area (Å²) in [6, 6.07) is 0. The molecule has 0 aromatic heterocycles. The highest BCUT2D eigenvalue weighted by molar-refractivity contribution is 14.0. The van der Waals surface area contributed by atoms with Crippen LogP contribution in [0.4, 0.5) is 0 Å². The molecule has 1 amide bonds. The molecule has 2 N–H and O–H groups in total. The van der Waals surface area contributed by atoms with Crippen LogP contribution in [0.3, 0.4) is 0 Å². The van der Waals surface area contributed by atoms with Gasteiger partial charge < -0.3 is 15.5 Å². The minimum absolute atomic E-state index is 0. The second kappa shape index (κ2) is 10.7. The van der Waals surface area contributed by atoms with Crippen LogP contribution in [-0.2, 0) is 4.79 Å². The van der Waals surface area contributed by atoms with Gasteiger partial charge in [-0.3, -0.25) is 9.79 Å². The second-order valence-electron chi connectivity index (χ2n) is 6.93. The van der Waals surface area contributed by atoms with Gasteiger partial charge in [0.05, 0.1) is 0 Å². The molecule has 5 nitrogen and oxygen atoms in total. The van der Waals surface area contributed by atoms with Gasteiger partial charge in [-0.15, -0.1) is 24.0 Å². The van der Waals surface area contributed by atoms with Crippen LogP contribution in [-0.4, -0.2) is 60.5 Å². The van der Waals surface area contributed by atoms with Gasteiger partial charge in [0.15, 0.2) is 5.96 Å². The van der Waals surface area contributed by atoms with Crippen LogP contribution in [0, 0.1) is 5.92 Å². The Balaban J connectivity index is 0.00000288. The van der Waals surface area contributed by atoms with Gasteiger partial charge in [0.1, 0.15) is 0 Å². The molecule has 1 saturated heterocycles. The first kappa shape index (κ1) is 21.9. The van der Waals surface area contributed by atoms with Gasteiger partial charge in [0.2, 0.25) is 5.91 Å². The van der Waals surface area contributed by atoms with Gasteiger partial charge in [0, 0.05) is 49.6 Å². The number of nitrogens with one attached hydrogen (secondary N) is 2. The van der Waals surface area contributed by atoms with Crippen molar-refractivity contribution in [2.45, 2.75) is 50.7 Å². The van der Waals surface area contributed by atoms with E-state index in [0.717, 1.165) is 25.6 Å². The van der Waals surface area contributed by atoms with Gasteiger partial charge in [-0.25, -0.2) is 0 Å². The second-order valence-corrected chi connectivity index (χ2v) is 8.50. The fourth-order valence-electron chi connectivity index (χ4n) is 3.42. The van der Waals surface area contributed by atoms with Crippen molar-refractivity contribution >= 4 is 47.6 Å². The van der Waals surface area contributed by atoms with E-state index >= 15 is 0 Å². The average Bonchev–Trinajstić information content (AvgIpc) is 2.55. The van der Waals surface area contributed by atoms with Crippen molar-refractivity contribution in [3.05, 3.63) is 0 Å². The molecular weight excluding hydrogens is 435 g/mol. The summed E-state index contributed by atoms with van der Waals surface area (Å²) in [6.07, 6.45) is 6.82. The molecule has 0 bridgehead atoms. The predicted molar refractivity (Wildman–Crippen MR) is 114 cm³/mol. The Kier molecular flexibility index (Phi) is 9.77. The van der Waals surface area contributed by atoms with Gasteiger partial charge in [-0.1, -0.05) is 33.1 Å². The van der Waals surface area contributed by atoms with Crippen LogP contribution < -0.4 is 10.6 Å². The number of hydrogen-bond donors (Lipinski definition) is 2. The Labute approximate surface area is 168 Å². The van der Waals surface area contributed by atoms with Gasteiger partial charge >= 0.3 is 0 Å². The molecule has 0 aromatic carbocycles. The van der Waals surface area contributed by atoms with Crippen LogP contribution in [0.5, 0.6) is 0 Å². The summed E-state index contributed by atoms with van der Waals surface area (Å²) in [5.74, 6) is 2.32. The first-order valence-corrected chi connectivity index (χ1v) is 9.92. The van der Waals surface area contributed by atoms with E-state index in [1.807, 2.05) is 20.9 Å². The summed E-state index contributed by atoms with van der Waals surface area (Å²) in [5, 5.41) is 6.35. The van der Waals surface area contributed by atoms with Gasteiger partial charge in [-0.05, 0) is 12.8 Å². The standard InChI is InChI=1S/C17H32N4OS.HI/c1-14(2)15(22)19-9-10-20-16(18-3)21-11-12-23-17(13-21)7-5-4-6-8-17;/h14H,4-13H2,1-3H3,(H,18,20)(H,19,22);1H. The summed E-state index contributed by atoms with van der Waals surface area (Å²) >= 11 is 2.17. The van der Waals surface area contributed by atoms with Crippen LogP contribution >= 0.6 is 35.7 Å². The zero-order valence-corrected chi connectivity index (χ0v) is 18.4. The topological polar surface area (TPSA) is 56.7 Å². The molecule has 1 saturated carbocycles. The fraction of sp³-hybridized carbons (Fsp3) is 0.882. The molecule has 0 atom stereocenters. The highest BCUT2D eigenvalue weighted by Gasteiger charge is 2.38. The largest absolute Gasteiger partial charge is 0.354 e. The molecule has 24 heavy (non-hydrogen) atoms. The van der Waals surface area contributed by atoms with Crippen molar-refractivity contribution in [2.24, 2.45) is 10.9 Å². The predicted octanol–water partition coefficient (Wildman–Crippen LogP) is 2.70. The van der Waals surface area contributed by atoms with Crippen molar-refractivity contribution in [2.75, 3.05) is 39.0 Å². The molecule has 2 aliphatic rings. The average molecular weight is 468 g/mol. The van der Waals surface area contributed by atoms with E-state index in [1.54, 1.807) is 0 Å². The lowest BCUT2D eigenvalue weighted by Gasteiger charge is -2.45. The normalized spacial score (nSPS) is 20.7. The minimum Gasteiger partial charge on any atom is -0.354 e. The summed E-state index contributed by atoms with van der Waals surface area (Å²) in [5.41, 5.74) is 0. The van der Waals surface area contributed by atoms with E-state index in [-0.39, 0.29) is 35.8 Å². The highest BCUT2D eigenvalue weighted by Crippen LogP contribution is 2.42. The lowest BCUT2D eigenvalue weighted by Crippen LogP contribution is -2.54. The van der Waals surface area contributed by atoms with E-state index in [4.69, 9.17) is 0 Å². The maximum absolute atomic E-state index is 11.6. The van der Waals surface area contributed by atoms with E-state index in [2.05, 4.69) is 32.3 Å². The number of hydrogen-bond acceptors (Lipinski definition) is 3. The number of carbonyl (C=O) groups excluding carboxylic acids is 1. The SMILES string of the molecule is CN=C(NCCNC(=O)C(C)C)N1CCSC2(CCCCC2)C1.I. The van der Waals surface area contributed by atoms with E-state index in [0.29, 0.717) is 11.3 Å². The molecule has 1 spiro atoms. The lowest BCUT2D eigenvalue weighted by atomic mass is 9.87. The number of aliphatic imine (C=N–C) groups is 1. The monoisotopic (exact) mass is 468 g/mol. The lowest BCUT2D eigenvalue weighted by molar-refractivity contribution is -0.123. The van der Waals surface area contributed by atoms with Crippen LogP contribution in [0.15, 0.2) is 4.99 Å². The first-order chi connectivity index (χ1) is 11.1. The molecule has 0 aromatic rings. The number of nitrogens with zero attached hydrogens (tertiary/aromatic N) is 2. The number of rotatable bonds is 4. The molecule has 0 radical (unpaired) electrons. The molecule has 2 rings (SSSR count). The Morgan fingerprint density at radius 3 is 2.50 bits per heavy atom. The number of amides is 1. The molecule has 7 heteroatoms. The van der Waals surface area contributed by atoms with Crippen LogP contribution in [0.25, 0.3) is 0 Å². The van der Waals surface area contributed by atoms with E-state index in [9.17, 15) is 4.79 Å². The van der Waals surface area contributed by atoms with Crippen molar-refractivity contribution in [3.63, 3.8) is 0 Å². The third kappa shape index (κ3) is 6.28. The number of thioether (sulfide) groups is 1. The minimum atomic E-state index is 0. The van der Waals surface area contributed by atoms with Gasteiger partial charge in [0.25, 0.3) is 0 Å². The van der Waals surface area contributed by atoms with Crippen molar-refractivity contribution < 1.29 is 4.79 Å². The number of guanidine groups is 1. The van der Waals surface area contributed by atoms with Crippen molar-refractivity contribution in [3.8, 4) is 0 Å². The number of halogens is 1. The molecule has 1 aliphatic heterocycles. The highest BCUT2D eigenvalue weighted by atomic mass is 127. The molecular formula is C17H33IN4OS. The van der Waals surface area contributed by atoms with E-state index < -0.39 is 0 Å². The molecule has 140 valence electrons. The third-order valence-corrected chi connectivity index (χ3v) is 6.29. The Hall–Kier alpha value is -0.180. The molecule has 1 heterocycles. The number of carbonyl (C=O) groups is 1. The van der Waals surface area contributed by atoms with E-state index in [1.165, 1.54) is 37.9 Å². The third-order valence-electron chi connectivity index (χ3n) is 4.76. The Morgan fingerprint density at radius 1 is 1.21 bits per heavy atom. The molecule has 2 fully saturated rings. The summed E-state index contributed by atoms with van der Waals surface area (Å²) in [4.78, 5) is 18.4. The van der Waals surface area contributed by atoms with Gasteiger partial charge in [-0.2, -0.15) is 11.8 Å². The maximum Gasteiger partial charge on any atom is 0.222 e. The molecule has 0 unspecified atom stereocenters. The smallest absolute Gasteiger partial charge is 0.222 e. The first-order valence-electron chi connectivity index (χ1n) is 8.93. The quantitative estimate of drug-likeness (QED) is 0.288. The summed E-state index contributed by atoms with van der Waals surface area (Å²) in [7, 11) is 1.85.